The molecule has 1 aromatic heterocycles. The van der Waals surface area contributed by atoms with E-state index >= 15 is 0 Å². The SMILES string of the molecule is CCC(C)CNCC(Cc1cc(-c2ccc(F)cc2)on1)C(=O)OC. The van der Waals surface area contributed by atoms with Gasteiger partial charge in [-0.05, 0) is 36.7 Å². The van der Waals surface area contributed by atoms with E-state index < -0.39 is 0 Å². The molecule has 0 spiro atoms. The predicted molar refractivity (Wildman–Crippen MR) is 93.4 cm³/mol. The number of esters is 1. The van der Waals surface area contributed by atoms with E-state index in [0.717, 1.165) is 18.5 Å². The zero-order chi connectivity index (χ0) is 18.2. The Kier molecular flexibility index (Phi) is 7.13. The average Bonchev–Trinajstić information content (AvgIpc) is 3.09. The number of carbonyl (C=O) groups is 1. The highest BCUT2D eigenvalue weighted by atomic mass is 19.1. The monoisotopic (exact) mass is 348 g/mol. The zero-order valence-electron chi connectivity index (χ0n) is 14.9. The van der Waals surface area contributed by atoms with Crippen LogP contribution in [0.5, 0.6) is 0 Å². The lowest BCUT2D eigenvalue weighted by Gasteiger charge is -2.16. The van der Waals surface area contributed by atoms with Crippen molar-refractivity contribution in [3.63, 3.8) is 0 Å². The molecule has 1 N–H and O–H groups in total. The van der Waals surface area contributed by atoms with Crippen LogP contribution >= 0.6 is 0 Å². The van der Waals surface area contributed by atoms with Gasteiger partial charge in [-0.1, -0.05) is 25.4 Å². The molecule has 2 aromatic rings. The Bertz CT molecular complexity index is 670. The number of hydrogen-bond donors (Lipinski definition) is 1. The van der Waals surface area contributed by atoms with E-state index in [9.17, 15) is 9.18 Å². The summed E-state index contributed by atoms with van der Waals surface area (Å²) in [6.07, 6.45) is 1.51. The smallest absolute Gasteiger partial charge is 0.310 e. The molecule has 0 bridgehead atoms. The minimum atomic E-state index is -0.333. The number of ether oxygens (including phenoxy) is 1. The Morgan fingerprint density at radius 3 is 2.68 bits per heavy atom. The molecule has 2 atom stereocenters. The molecule has 25 heavy (non-hydrogen) atoms. The Balaban J connectivity index is 2.00. The second-order valence-corrected chi connectivity index (χ2v) is 6.29. The summed E-state index contributed by atoms with van der Waals surface area (Å²) < 4.78 is 23.2. The van der Waals surface area contributed by atoms with Crippen molar-refractivity contribution in [2.24, 2.45) is 11.8 Å². The van der Waals surface area contributed by atoms with E-state index in [2.05, 4.69) is 24.3 Å². The van der Waals surface area contributed by atoms with E-state index in [-0.39, 0.29) is 17.7 Å². The predicted octanol–water partition coefficient (Wildman–Crippen LogP) is 3.45. The maximum absolute atomic E-state index is 13.0. The number of methoxy groups -OCH3 is 1. The fourth-order valence-corrected chi connectivity index (χ4v) is 2.46. The minimum Gasteiger partial charge on any atom is -0.469 e. The number of carbonyl (C=O) groups excluding carboxylic acids is 1. The van der Waals surface area contributed by atoms with Gasteiger partial charge < -0.3 is 14.6 Å². The lowest BCUT2D eigenvalue weighted by molar-refractivity contribution is -0.145. The van der Waals surface area contributed by atoms with E-state index in [0.29, 0.717) is 30.3 Å². The van der Waals surface area contributed by atoms with Crippen molar-refractivity contribution in [2.75, 3.05) is 20.2 Å². The van der Waals surface area contributed by atoms with Crippen LogP contribution in [-0.2, 0) is 16.0 Å². The summed E-state index contributed by atoms with van der Waals surface area (Å²) in [7, 11) is 1.39. The molecule has 0 saturated heterocycles. The van der Waals surface area contributed by atoms with Crippen LogP contribution < -0.4 is 5.32 Å². The zero-order valence-corrected chi connectivity index (χ0v) is 14.9. The lowest BCUT2D eigenvalue weighted by atomic mass is 10.0. The maximum Gasteiger partial charge on any atom is 0.310 e. The minimum absolute atomic E-state index is 0.275. The first-order chi connectivity index (χ1) is 12.0. The number of nitrogens with zero attached hydrogens (tertiary/aromatic N) is 1. The van der Waals surface area contributed by atoms with E-state index in [1.165, 1.54) is 19.2 Å². The van der Waals surface area contributed by atoms with E-state index in [4.69, 9.17) is 9.26 Å². The number of aromatic nitrogens is 1. The Labute approximate surface area is 147 Å². The molecule has 6 heteroatoms. The van der Waals surface area contributed by atoms with Gasteiger partial charge in [0.15, 0.2) is 5.76 Å². The third-order valence-corrected chi connectivity index (χ3v) is 4.26. The molecule has 0 aliphatic carbocycles. The molecule has 0 fully saturated rings. The van der Waals surface area contributed by atoms with Gasteiger partial charge in [0.2, 0.25) is 0 Å². The molecule has 0 aliphatic heterocycles. The number of benzene rings is 1. The highest BCUT2D eigenvalue weighted by Gasteiger charge is 2.22. The van der Waals surface area contributed by atoms with Gasteiger partial charge in [0.25, 0.3) is 0 Å². The molecule has 1 aromatic carbocycles. The van der Waals surface area contributed by atoms with Crippen molar-refractivity contribution in [1.29, 1.82) is 0 Å². The number of nitrogens with one attached hydrogen (secondary N) is 1. The van der Waals surface area contributed by atoms with Crippen molar-refractivity contribution in [2.45, 2.75) is 26.7 Å². The summed E-state index contributed by atoms with van der Waals surface area (Å²) in [6.45, 7) is 5.67. The summed E-state index contributed by atoms with van der Waals surface area (Å²) in [5.74, 6) is 0.187. The molecule has 1 heterocycles. The van der Waals surface area contributed by atoms with Crippen LogP contribution in [0.2, 0.25) is 0 Å². The van der Waals surface area contributed by atoms with Gasteiger partial charge in [0, 0.05) is 24.6 Å². The molecule has 2 unspecified atom stereocenters. The quantitative estimate of drug-likeness (QED) is 0.703. The number of rotatable bonds is 9. The fourth-order valence-electron chi connectivity index (χ4n) is 2.46. The summed E-state index contributed by atoms with van der Waals surface area (Å²) in [6, 6.07) is 7.77. The van der Waals surface area contributed by atoms with Crippen molar-refractivity contribution < 1.29 is 18.4 Å². The Morgan fingerprint density at radius 1 is 1.32 bits per heavy atom. The van der Waals surface area contributed by atoms with Gasteiger partial charge in [-0.2, -0.15) is 0 Å². The third-order valence-electron chi connectivity index (χ3n) is 4.26. The first-order valence-corrected chi connectivity index (χ1v) is 8.53. The van der Waals surface area contributed by atoms with Gasteiger partial charge >= 0.3 is 5.97 Å². The molecule has 0 radical (unpaired) electrons. The number of halogens is 1. The van der Waals surface area contributed by atoms with E-state index in [1.807, 2.05) is 0 Å². The first kappa shape index (κ1) is 19.1. The Hall–Kier alpha value is -2.21. The van der Waals surface area contributed by atoms with Crippen molar-refractivity contribution >= 4 is 5.97 Å². The van der Waals surface area contributed by atoms with Crippen molar-refractivity contribution in [1.82, 2.24) is 10.5 Å². The van der Waals surface area contributed by atoms with Gasteiger partial charge in [-0.15, -0.1) is 0 Å². The third kappa shape index (κ3) is 5.67. The standard InChI is InChI=1S/C19H25FN2O3/c1-4-13(2)11-21-12-15(19(23)24-3)9-17-10-18(25-22-17)14-5-7-16(20)8-6-14/h5-8,10,13,15,21H,4,9,11-12H2,1-3H3. The second kappa shape index (κ2) is 9.32. The van der Waals surface area contributed by atoms with Crippen LogP contribution in [-0.4, -0.2) is 31.3 Å². The lowest BCUT2D eigenvalue weighted by Crippen LogP contribution is -2.33. The molecule has 0 saturated carbocycles. The first-order valence-electron chi connectivity index (χ1n) is 8.53. The highest BCUT2D eigenvalue weighted by Crippen LogP contribution is 2.22. The molecule has 136 valence electrons. The molecule has 0 aliphatic rings. The second-order valence-electron chi connectivity index (χ2n) is 6.29. The summed E-state index contributed by atoms with van der Waals surface area (Å²) in [5.41, 5.74) is 1.41. The van der Waals surface area contributed by atoms with Crippen molar-refractivity contribution in [3.05, 3.63) is 41.8 Å². The summed E-state index contributed by atoms with van der Waals surface area (Å²) in [4.78, 5) is 12.0. The van der Waals surface area contributed by atoms with E-state index in [1.54, 1.807) is 18.2 Å². The average molecular weight is 348 g/mol. The normalized spacial score (nSPS) is 13.4. The van der Waals surface area contributed by atoms with Crippen molar-refractivity contribution in [3.8, 4) is 11.3 Å². The van der Waals surface area contributed by atoms with Crippen LogP contribution in [0.15, 0.2) is 34.9 Å². The van der Waals surface area contributed by atoms with Crippen LogP contribution in [0.4, 0.5) is 4.39 Å². The van der Waals surface area contributed by atoms with Gasteiger partial charge in [0.1, 0.15) is 5.82 Å². The molecular weight excluding hydrogens is 323 g/mol. The summed E-state index contributed by atoms with van der Waals surface area (Å²) >= 11 is 0. The molecule has 0 amide bonds. The molecule has 2 rings (SSSR count). The molecular formula is C19H25FN2O3. The van der Waals surface area contributed by atoms with Gasteiger partial charge in [-0.3, -0.25) is 4.79 Å². The van der Waals surface area contributed by atoms with Gasteiger partial charge in [-0.25, -0.2) is 4.39 Å². The van der Waals surface area contributed by atoms with Gasteiger partial charge in [0.05, 0.1) is 18.7 Å². The summed E-state index contributed by atoms with van der Waals surface area (Å²) in [5, 5.41) is 7.34. The van der Waals surface area contributed by atoms with Crippen LogP contribution in [0.25, 0.3) is 11.3 Å². The highest BCUT2D eigenvalue weighted by molar-refractivity contribution is 5.73. The number of hydrogen-bond acceptors (Lipinski definition) is 5. The van der Waals surface area contributed by atoms with Crippen LogP contribution in [0.1, 0.15) is 26.0 Å². The largest absolute Gasteiger partial charge is 0.469 e. The van der Waals surface area contributed by atoms with Crippen LogP contribution in [0, 0.1) is 17.7 Å². The fraction of sp³-hybridized carbons (Fsp3) is 0.474. The Morgan fingerprint density at radius 2 is 2.04 bits per heavy atom. The van der Waals surface area contributed by atoms with Crippen LogP contribution in [0.3, 0.4) is 0 Å². The topological polar surface area (TPSA) is 64.4 Å². The maximum atomic E-state index is 13.0. The molecule has 5 nitrogen and oxygen atoms in total.